The van der Waals surface area contributed by atoms with E-state index in [-0.39, 0.29) is 10.6 Å². The van der Waals surface area contributed by atoms with Crippen LogP contribution in [0.1, 0.15) is 5.56 Å². The number of benzene rings is 3. The fourth-order valence-electron chi connectivity index (χ4n) is 3.01. The average molecular weight is 491 g/mol. The van der Waals surface area contributed by atoms with E-state index in [1.807, 2.05) is 31.2 Å². The van der Waals surface area contributed by atoms with Crippen molar-refractivity contribution in [1.29, 1.82) is 5.26 Å². The third-order valence-electron chi connectivity index (χ3n) is 4.73. The standard InChI is InChI=1S/C23H18N6O3S2/c1-14-2-11-19-21(12-14)33-23(27-19)15-3-5-17(6-4-15)28-29-20(13-24)22(30)26-16-7-9-18(10-8-16)34(25,31)32/h2-12,28H,1H3,(H,26,30)(H2,25,31,32). The number of primary sulfonamides is 1. The number of nitrogens with one attached hydrogen (secondary N) is 2. The number of amides is 1. The molecule has 0 radical (unpaired) electrons. The summed E-state index contributed by atoms with van der Waals surface area (Å²) in [6, 6.07) is 20.4. The van der Waals surface area contributed by atoms with E-state index in [1.54, 1.807) is 29.5 Å². The second kappa shape index (κ2) is 9.40. The molecule has 3 aromatic carbocycles. The van der Waals surface area contributed by atoms with Gasteiger partial charge in [0.1, 0.15) is 11.1 Å². The minimum Gasteiger partial charge on any atom is -0.320 e. The third-order valence-corrected chi connectivity index (χ3v) is 6.73. The summed E-state index contributed by atoms with van der Waals surface area (Å²) in [5.41, 5.74) is 6.23. The zero-order valence-corrected chi connectivity index (χ0v) is 19.4. The number of sulfonamides is 1. The van der Waals surface area contributed by atoms with Gasteiger partial charge < -0.3 is 5.32 Å². The van der Waals surface area contributed by atoms with Crippen LogP contribution in [0.15, 0.2) is 76.7 Å². The molecule has 0 saturated heterocycles. The number of anilines is 2. The summed E-state index contributed by atoms with van der Waals surface area (Å²) in [6.07, 6.45) is 0. The molecule has 0 spiro atoms. The van der Waals surface area contributed by atoms with Gasteiger partial charge in [-0.15, -0.1) is 11.3 Å². The molecule has 9 nitrogen and oxygen atoms in total. The van der Waals surface area contributed by atoms with Crippen molar-refractivity contribution in [3.8, 4) is 16.6 Å². The first-order valence-electron chi connectivity index (χ1n) is 9.88. The van der Waals surface area contributed by atoms with E-state index in [0.717, 1.165) is 20.8 Å². The molecule has 11 heteroatoms. The van der Waals surface area contributed by atoms with Crippen LogP contribution in [0.3, 0.4) is 0 Å². The smallest absolute Gasteiger partial charge is 0.287 e. The van der Waals surface area contributed by atoms with Gasteiger partial charge in [0, 0.05) is 11.3 Å². The van der Waals surface area contributed by atoms with Gasteiger partial charge >= 0.3 is 0 Å². The van der Waals surface area contributed by atoms with Crippen molar-refractivity contribution in [2.45, 2.75) is 11.8 Å². The predicted molar refractivity (Wildman–Crippen MR) is 133 cm³/mol. The Kier molecular flexibility index (Phi) is 6.38. The molecular weight excluding hydrogens is 472 g/mol. The predicted octanol–water partition coefficient (Wildman–Crippen LogP) is 3.85. The Hall–Kier alpha value is -4.11. The zero-order chi connectivity index (χ0) is 24.3. The SMILES string of the molecule is Cc1ccc2nc(-c3ccc(NN=C(C#N)C(=O)Nc4ccc(S(N)(=O)=O)cc4)cc3)sc2c1. The number of hydrogen-bond acceptors (Lipinski definition) is 8. The lowest BCUT2D eigenvalue weighted by Gasteiger charge is -2.06. The Morgan fingerprint density at radius 2 is 1.74 bits per heavy atom. The van der Waals surface area contributed by atoms with Gasteiger partial charge in [-0.1, -0.05) is 6.07 Å². The highest BCUT2D eigenvalue weighted by molar-refractivity contribution is 7.89. The Bertz CT molecular complexity index is 1550. The largest absolute Gasteiger partial charge is 0.320 e. The number of hydrogen-bond donors (Lipinski definition) is 3. The van der Waals surface area contributed by atoms with E-state index in [4.69, 9.17) is 5.14 Å². The number of nitrogens with two attached hydrogens (primary N) is 1. The number of fused-ring (bicyclic) bond motifs is 1. The van der Waals surface area contributed by atoms with E-state index in [0.29, 0.717) is 5.69 Å². The van der Waals surface area contributed by atoms with Crippen molar-refractivity contribution in [3.63, 3.8) is 0 Å². The summed E-state index contributed by atoms with van der Waals surface area (Å²) in [4.78, 5) is 16.9. The van der Waals surface area contributed by atoms with Gasteiger partial charge in [0.25, 0.3) is 5.91 Å². The Morgan fingerprint density at radius 3 is 2.38 bits per heavy atom. The highest BCUT2D eigenvalue weighted by atomic mass is 32.2. The summed E-state index contributed by atoms with van der Waals surface area (Å²) in [5.74, 6) is -0.750. The van der Waals surface area contributed by atoms with Crippen LogP contribution < -0.4 is 15.9 Å². The first kappa shape index (κ1) is 23.1. The van der Waals surface area contributed by atoms with Crippen molar-refractivity contribution >= 4 is 54.6 Å². The van der Waals surface area contributed by atoms with Gasteiger partial charge in [-0.25, -0.2) is 18.5 Å². The summed E-state index contributed by atoms with van der Waals surface area (Å²) < 4.78 is 23.7. The van der Waals surface area contributed by atoms with Crippen molar-refractivity contribution in [2.75, 3.05) is 10.7 Å². The van der Waals surface area contributed by atoms with Crippen LogP contribution >= 0.6 is 11.3 Å². The minimum absolute atomic E-state index is 0.0919. The maximum atomic E-state index is 12.3. The number of nitriles is 1. The molecular formula is C23H18N6O3S2. The molecule has 0 fully saturated rings. The van der Waals surface area contributed by atoms with Crippen molar-refractivity contribution < 1.29 is 13.2 Å². The highest BCUT2D eigenvalue weighted by Crippen LogP contribution is 2.31. The average Bonchev–Trinajstić information content (AvgIpc) is 3.23. The van der Waals surface area contributed by atoms with Gasteiger partial charge in [0.15, 0.2) is 0 Å². The molecule has 0 aliphatic rings. The van der Waals surface area contributed by atoms with Crippen LogP contribution in [0.4, 0.5) is 11.4 Å². The van der Waals surface area contributed by atoms with E-state index < -0.39 is 21.6 Å². The van der Waals surface area contributed by atoms with Crippen LogP contribution in [0, 0.1) is 18.3 Å². The molecule has 0 aliphatic heterocycles. The van der Waals surface area contributed by atoms with Crippen LogP contribution in [0.25, 0.3) is 20.8 Å². The van der Waals surface area contributed by atoms with Crippen LogP contribution in [-0.4, -0.2) is 25.0 Å². The maximum Gasteiger partial charge on any atom is 0.287 e. The lowest BCUT2D eigenvalue weighted by molar-refractivity contribution is -0.110. The van der Waals surface area contributed by atoms with Crippen LogP contribution in [0.5, 0.6) is 0 Å². The molecule has 4 N–H and O–H groups in total. The number of hydrazone groups is 1. The van der Waals surface area contributed by atoms with E-state index in [2.05, 4.69) is 26.9 Å². The van der Waals surface area contributed by atoms with Gasteiger partial charge in [0.05, 0.1) is 20.8 Å². The van der Waals surface area contributed by atoms with Gasteiger partial charge in [0.2, 0.25) is 15.7 Å². The molecule has 170 valence electrons. The highest BCUT2D eigenvalue weighted by Gasteiger charge is 2.13. The third kappa shape index (κ3) is 5.26. The van der Waals surface area contributed by atoms with Crippen LogP contribution in [0.2, 0.25) is 0 Å². The zero-order valence-electron chi connectivity index (χ0n) is 17.8. The van der Waals surface area contributed by atoms with E-state index in [1.165, 1.54) is 29.8 Å². The number of thiazole rings is 1. The summed E-state index contributed by atoms with van der Waals surface area (Å²) >= 11 is 1.60. The molecule has 0 aliphatic carbocycles. The summed E-state index contributed by atoms with van der Waals surface area (Å²) in [6.45, 7) is 2.04. The lowest BCUT2D eigenvalue weighted by Crippen LogP contribution is -2.22. The fourth-order valence-corrected chi connectivity index (χ4v) is 4.59. The number of carbonyl (C=O) groups excluding carboxylic acids is 1. The normalized spacial score (nSPS) is 11.7. The van der Waals surface area contributed by atoms with Crippen molar-refractivity contribution in [3.05, 3.63) is 72.3 Å². The van der Waals surface area contributed by atoms with E-state index >= 15 is 0 Å². The second-order valence-corrected chi connectivity index (χ2v) is 9.87. The molecule has 0 atom stereocenters. The molecule has 34 heavy (non-hydrogen) atoms. The molecule has 4 rings (SSSR count). The summed E-state index contributed by atoms with van der Waals surface area (Å²) in [5, 5.41) is 21.6. The monoisotopic (exact) mass is 490 g/mol. The number of nitrogens with zero attached hydrogens (tertiary/aromatic N) is 3. The fraction of sp³-hybridized carbons (Fsp3) is 0.0435. The lowest BCUT2D eigenvalue weighted by atomic mass is 10.2. The number of rotatable bonds is 6. The number of carbonyl (C=O) groups is 1. The molecule has 1 heterocycles. The van der Waals surface area contributed by atoms with Crippen molar-refractivity contribution in [2.24, 2.45) is 10.2 Å². The van der Waals surface area contributed by atoms with Crippen LogP contribution in [-0.2, 0) is 14.8 Å². The van der Waals surface area contributed by atoms with Crippen molar-refractivity contribution in [1.82, 2.24) is 4.98 Å². The second-order valence-electron chi connectivity index (χ2n) is 7.28. The van der Waals surface area contributed by atoms with Gasteiger partial charge in [-0.2, -0.15) is 10.4 Å². The van der Waals surface area contributed by atoms with E-state index in [9.17, 15) is 18.5 Å². The molecule has 0 unspecified atom stereocenters. The quantitative estimate of drug-likeness (QED) is 0.276. The molecule has 4 aromatic rings. The van der Waals surface area contributed by atoms with Gasteiger partial charge in [-0.3, -0.25) is 10.2 Å². The Balaban J connectivity index is 1.43. The summed E-state index contributed by atoms with van der Waals surface area (Å²) in [7, 11) is -3.84. The molecule has 0 bridgehead atoms. The minimum atomic E-state index is -3.84. The van der Waals surface area contributed by atoms with Gasteiger partial charge in [-0.05, 0) is 73.2 Å². The Labute approximate surface area is 199 Å². The molecule has 1 amide bonds. The molecule has 0 saturated carbocycles. The first-order chi connectivity index (χ1) is 16.2. The Morgan fingerprint density at radius 1 is 1.06 bits per heavy atom. The maximum absolute atomic E-state index is 12.3. The molecule has 1 aromatic heterocycles. The topological polar surface area (TPSA) is 150 Å². The number of aromatic nitrogens is 1. The first-order valence-corrected chi connectivity index (χ1v) is 12.2. The number of aryl methyl sites for hydroxylation is 1.